The Labute approximate surface area is 158 Å². The summed E-state index contributed by atoms with van der Waals surface area (Å²) in [5.41, 5.74) is 0.873. The molecule has 2 heterocycles. The van der Waals surface area contributed by atoms with Crippen LogP contribution < -0.4 is 0 Å². The zero-order valence-corrected chi connectivity index (χ0v) is 16.1. The van der Waals surface area contributed by atoms with Gasteiger partial charge in [0.15, 0.2) is 6.61 Å². The number of hydrogen-bond acceptors (Lipinski definition) is 7. The minimum Gasteiger partial charge on any atom is -0.456 e. The molecule has 0 unspecified atom stereocenters. The highest BCUT2D eigenvalue weighted by Crippen LogP contribution is 2.21. The summed E-state index contributed by atoms with van der Waals surface area (Å²) in [6.45, 7) is 2.77. The number of carbonyl (C=O) groups is 1. The zero-order valence-electron chi connectivity index (χ0n) is 15.3. The summed E-state index contributed by atoms with van der Waals surface area (Å²) in [5, 5.41) is 7.41. The van der Waals surface area contributed by atoms with Crippen molar-refractivity contribution in [1.82, 2.24) is 14.5 Å². The number of sulfonamides is 1. The van der Waals surface area contributed by atoms with Crippen molar-refractivity contribution in [2.24, 2.45) is 0 Å². The number of carbonyl (C=O) groups excluding carboxylic acids is 1. The van der Waals surface area contributed by atoms with Crippen molar-refractivity contribution in [2.45, 2.75) is 50.5 Å². The van der Waals surface area contributed by atoms with Gasteiger partial charge in [-0.2, -0.15) is 4.31 Å². The van der Waals surface area contributed by atoms with Crippen LogP contribution in [0.2, 0.25) is 0 Å². The molecular formula is C18H23N3O5S. The van der Waals surface area contributed by atoms with E-state index in [4.69, 9.17) is 9.15 Å². The maximum atomic E-state index is 12.6. The van der Waals surface area contributed by atoms with Crippen molar-refractivity contribution in [2.75, 3.05) is 13.1 Å². The molecule has 0 spiro atoms. The molecular weight excluding hydrogens is 370 g/mol. The average molecular weight is 393 g/mol. The van der Waals surface area contributed by atoms with Gasteiger partial charge in [-0.15, -0.1) is 10.2 Å². The van der Waals surface area contributed by atoms with E-state index >= 15 is 0 Å². The van der Waals surface area contributed by atoms with Crippen LogP contribution in [0.5, 0.6) is 0 Å². The molecule has 1 aromatic carbocycles. The second-order valence-electron chi connectivity index (χ2n) is 6.48. The monoisotopic (exact) mass is 393 g/mol. The third-order valence-electron chi connectivity index (χ3n) is 4.42. The van der Waals surface area contributed by atoms with Crippen LogP contribution in [0.3, 0.4) is 0 Å². The van der Waals surface area contributed by atoms with E-state index in [0.717, 1.165) is 24.8 Å². The summed E-state index contributed by atoms with van der Waals surface area (Å²) in [6, 6.07) is 6.69. The maximum Gasteiger partial charge on any atom is 0.306 e. The van der Waals surface area contributed by atoms with Crippen molar-refractivity contribution >= 4 is 16.0 Å². The first-order valence-electron chi connectivity index (χ1n) is 8.99. The van der Waals surface area contributed by atoms with Crippen molar-refractivity contribution in [1.29, 1.82) is 0 Å². The molecule has 1 aromatic heterocycles. The molecule has 1 aliphatic heterocycles. The molecule has 0 atom stereocenters. The van der Waals surface area contributed by atoms with Crippen LogP contribution in [-0.4, -0.2) is 42.0 Å². The highest BCUT2D eigenvalue weighted by atomic mass is 32.2. The third-order valence-corrected chi connectivity index (χ3v) is 6.33. The van der Waals surface area contributed by atoms with Crippen LogP contribution in [0.1, 0.15) is 43.0 Å². The van der Waals surface area contributed by atoms with E-state index < -0.39 is 10.0 Å². The number of nitrogens with zero attached hydrogens (tertiary/aromatic N) is 3. The van der Waals surface area contributed by atoms with E-state index in [2.05, 4.69) is 10.2 Å². The molecule has 9 heteroatoms. The first-order chi connectivity index (χ1) is 12.9. The van der Waals surface area contributed by atoms with E-state index in [0.29, 0.717) is 30.3 Å². The van der Waals surface area contributed by atoms with Crippen LogP contribution in [0.25, 0.3) is 0 Å². The lowest BCUT2D eigenvalue weighted by atomic mass is 10.1. The van der Waals surface area contributed by atoms with Gasteiger partial charge in [-0.25, -0.2) is 8.42 Å². The quantitative estimate of drug-likeness (QED) is 0.665. The van der Waals surface area contributed by atoms with E-state index in [1.54, 1.807) is 35.5 Å². The number of rotatable bonds is 7. The van der Waals surface area contributed by atoms with Gasteiger partial charge in [-0.05, 0) is 37.0 Å². The summed E-state index contributed by atoms with van der Waals surface area (Å²) < 4.78 is 37.0. The standard InChI is InChI=1S/C18H23N3O5S/c1-14-19-20-17(26-14)13-25-18(22)10-7-15-5-8-16(9-6-15)27(23,24)21-11-3-2-4-12-21/h5-6,8-9H,2-4,7,10-13H2,1H3. The van der Waals surface area contributed by atoms with Crippen molar-refractivity contribution in [3.63, 3.8) is 0 Å². The SMILES string of the molecule is Cc1nnc(COC(=O)CCc2ccc(S(=O)(=O)N3CCCCC3)cc2)o1. The van der Waals surface area contributed by atoms with E-state index in [-0.39, 0.29) is 24.9 Å². The van der Waals surface area contributed by atoms with Crippen molar-refractivity contribution < 1.29 is 22.4 Å². The second kappa shape index (κ2) is 8.62. The highest BCUT2D eigenvalue weighted by molar-refractivity contribution is 7.89. The van der Waals surface area contributed by atoms with Gasteiger partial charge in [0.05, 0.1) is 4.90 Å². The minimum absolute atomic E-state index is 0.0489. The highest BCUT2D eigenvalue weighted by Gasteiger charge is 2.25. The van der Waals surface area contributed by atoms with Crippen LogP contribution in [0.15, 0.2) is 33.6 Å². The Morgan fingerprint density at radius 2 is 1.85 bits per heavy atom. The maximum absolute atomic E-state index is 12.6. The van der Waals surface area contributed by atoms with Crippen molar-refractivity contribution in [3.05, 3.63) is 41.6 Å². The molecule has 0 aliphatic carbocycles. The number of aromatic nitrogens is 2. The van der Waals surface area contributed by atoms with E-state index in [1.165, 1.54) is 0 Å². The van der Waals surface area contributed by atoms with Gasteiger partial charge in [0.2, 0.25) is 15.9 Å². The zero-order chi connectivity index (χ0) is 19.3. The molecule has 0 saturated carbocycles. The molecule has 146 valence electrons. The number of ether oxygens (including phenoxy) is 1. The topological polar surface area (TPSA) is 103 Å². The van der Waals surface area contributed by atoms with Gasteiger partial charge in [-0.3, -0.25) is 4.79 Å². The van der Waals surface area contributed by atoms with Gasteiger partial charge < -0.3 is 9.15 Å². The van der Waals surface area contributed by atoms with Crippen LogP contribution in [-0.2, 0) is 32.6 Å². The molecule has 0 amide bonds. The fourth-order valence-corrected chi connectivity index (χ4v) is 4.46. The average Bonchev–Trinajstić information content (AvgIpc) is 3.11. The summed E-state index contributed by atoms with van der Waals surface area (Å²) >= 11 is 0. The summed E-state index contributed by atoms with van der Waals surface area (Å²) in [6.07, 6.45) is 3.54. The van der Waals surface area contributed by atoms with Crippen molar-refractivity contribution in [3.8, 4) is 0 Å². The Kier molecular flexibility index (Phi) is 6.22. The Balaban J connectivity index is 1.50. The number of benzene rings is 1. The van der Waals surface area contributed by atoms with Crippen LogP contribution in [0.4, 0.5) is 0 Å². The van der Waals surface area contributed by atoms with E-state index in [1.807, 2.05) is 0 Å². The predicted molar refractivity (Wildman–Crippen MR) is 96.2 cm³/mol. The number of esters is 1. The smallest absolute Gasteiger partial charge is 0.306 e. The molecule has 27 heavy (non-hydrogen) atoms. The first kappa shape index (κ1) is 19.5. The lowest BCUT2D eigenvalue weighted by Crippen LogP contribution is -2.35. The predicted octanol–water partition coefficient (Wildman–Crippen LogP) is 2.23. The fraction of sp³-hybridized carbons (Fsp3) is 0.500. The molecule has 8 nitrogen and oxygen atoms in total. The van der Waals surface area contributed by atoms with Gasteiger partial charge in [0.25, 0.3) is 5.89 Å². The summed E-state index contributed by atoms with van der Waals surface area (Å²) in [7, 11) is -3.43. The van der Waals surface area contributed by atoms with Gasteiger partial charge in [0.1, 0.15) is 0 Å². The Morgan fingerprint density at radius 1 is 1.15 bits per heavy atom. The normalized spacial score (nSPS) is 15.6. The molecule has 0 N–H and O–H groups in total. The minimum atomic E-state index is -3.43. The third kappa shape index (κ3) is 5.14. The Bertz CT molecular complexity index is 871. The molecule has 1 fully saturated rings. The molecule has 1 aliphatic rings. The largest absolute Gasteiger partial charge is 0.456 e. The second-order valence-corrected chi connectivity index (χ2v) is 8.42. The lowest BCUT2D eigenvalue weighted by Gasteiger charge is -2.25. The number of hydrogen-bond donors (Lipinski definition) is 0. The van der Waals surface area contributed by atoms with Gasteiger partial charge in [-0.1, -0.05) is 18.6 Å². The molecule has 2 aromatic rings. The van der Waals surface area contributed by atoms with E-state index in [9.17, 15) is 13.2 Å². The number of aryl methyl sites for hydroxylation is 2. The van der Waals surface area contributed by atoms with Crippen LogP contribution >= 0.6 is 0 Å². The Hall–Kier alpha value is -2.26. The first-order valence-corrected chi connectivity index (χ1v) is 10.4. The molecule has 1 saturated heterocycles. The number of piperidine rings is 1. The molecule has 3 rings (SSSR count). The summed E-state index contributed by atoms with van der Waals surface area (Å²) in [4.78, 5) is 12.1. The van der Waals surface area contributed by atoms with Gasteiger partial charge in [0, 0.05) is 26.4 Å². The molecule has 0 radical (unpaired) electrons. The molecule has 0 bridgehead atoms. The van der Waals surface area contributed by atoms with Crippen LogP contribution in [0, 0.1) is 6.92 Å². The van der Waals surface area contributed by atoms with Gasteiger partial charge >= 0.3 is 5.97 Å². The Morgan fingerprint density at radius 3 is 2.48 bits per heavy atom. The fourth-order valence-electron chi connectivity index (χ4n) is 2.94. The lowest BCUT2D eigenvalue weighted by molar-refractivity contribution is -0.145. The summed E-state index contributed by atoms with van der Waals surface area (Å²) in [5.74, 6) is 0.296.